The van der Waals surface area contributed by atoms with Crippen LogP contribution in [-0.4, -0.2) is 33.0 Å². The Morgan fingerprint density at radius 2 is 1.74 bits per heavy atom. The molecule has 1 N–H and O–H groups in total. The molecule has 0 unspecified atom stereocenters. The summed E-state index contributed by atoms with van der Waals surface area (Å²) in [5.74, 6) is -0.0532. The molecule has 1 heterocycles. The minimum Gasteiger partial charge on any atom is -0.370 e. The second-order valence-corrected chi connectivity index (χ2v) is 8.78. The lowest BCUT2D eigenvalue weighted by Crippen LogP contribution is -2.54. The fourth-order valence-corrected chi connectivity index (χ4v) is 3.98. The van der Waals surface area contributed by atoms with Gasteiger partial charge in [-0.2, -0.15) is 8.42 Å². The van der Waals surface area contributed by atoms with E-state index in [2.05, 4.69) is 5.32 Å². The summed E-state index contributed by atoms with van der Waals surface area (Å²) in [6.07, 6.45) is 0.404. The molecule has 27 heavy (non-hydrogen) atoms. The molecule has 144 valence electrons. The average Bonchev–Trinajstić information content (AvgIpc) is 2.61. The van der Waals surface area contributed by atoms with Crippen molar-refractivity contribution in [3.05, 3.63) is 54.1 Å². The number of benzene rings is 2. The van der Waals surface area contributed by atoms with Crippen LogP contribution in [0.5, 0.6) is 0 Å². The molecular formula is C20H24N2O4S. The smallest absolute Gasteiger partial charge is 0.296 e. The fourth-order valence-electron chi connectivity index (χ4n) is 3.04. The van der Waals surface area contributed by atoms with E-state index in [1.807, 2.05) is 45.0 Å². The summed E-state index contributed by atoms with van der Waals surface area (Å²) in [7, 11) is -3.79. The lowest BCUT2D eigenvalue weighted by molar-refractivity contribution is -0.122. The zero-order valence-electron chi connectivity index (χ0n) is 15.7. The minimum atomic E-state index is -3.79. The molecule has 7 heteroatoms. The van der Waals surface area contributed by atoms with Crippen molar-refractivity contribution in [3.63, 3.8) is 0 Å². The van der Waals surface area contributed by atoms with Gasteiger partial charge in [0.1, 0.15) is 5.54 Å². The van der Waals surface area contributed by atoms with Gasteiger partial charge in [-0.05, 0) is 51.5 Å². The number of nitrogens with one attached hydrogen (secondary N) is 1. The molecule has 2 aromatic rings. The minimum absolute atomic E-state index is 0.00993. The van der Waals surface area contributed by atoms with Gasteiger partial charge >= 0.3 is 0 Å². The highest BCUT2D eigenvalue weighted by Gasteiger charge is 2.38. The lowest BCUT2D eigenvalue weighted by atomic mass is 9.98. The van der Waals surface area contributed by atoms with Gasteiger partial charge in [0, 0.05) is 6.54 Å². The zero-order valence-corrected chi connectivity index (χ0v) is 16.5. The first-order valence-corrected chi connectivity index (χ1v) is 10.3. The Labute approximate surface area is 160 Å². The van der Waals surface area contributed by atoms with Crippen LogP contribution in [0.3, 0.4) is 0 Å². The predicted octanol–water partition coefficient (Wildman–Crippen LogP) is 3.33. The van der Waals surface area contributed by atoms with Crippen molar-refractivity contribution in [1.82, 2.24) is 0 Å². The van der Waals surface area contributed by atoms with E-state index in [4.69, 9.17) is 4.18 Å². The van der Waals surface area contributed by atoms with E-state index in [0.717, 1.165) is 16.9 Å². The molecule has 0 fully saturated rings. The number of fused-ring (bicyclic) bond motifs is 1. The van der Waals surface area contributed by atoms with Gasteiger partial charge in [0.05, 0.1) is 22.9 Å². The maximum Gasteiger partial charge on any atom is 0.296 e. The number of hydrogen-bond donors (Lipinski definition) is 1. The highest BCUT2D eigenvalue weighted by Crippen LogP contribution is 2.35. The second-order valence-electron chi connectivity index (χ2n) is 7.17. The van der Waals surface area contributed by atoms with E-state index in [-0.39, 0.29) is 17.4 Å². The van der Waals surface area contributed by atoms with Crippen LogP contribution in [0.4, 0.5) is 11.4 Å². The topological polar surface area (TPSA) is 75.7 Å². The molecule has 0 spiro atoms. The van der Waals surface area contributed by atoms with Crippen LogP contribution >= 0.6 is 0 Å². The summed E-state index contributed by atoms with van der Waals surface area (Å²) < 4.78 is 29.6. The van der Waals surface area contributed by atoms with Crippen molar-refractivity contribution in [2.45, 2.75) is 37.6 Å². The third-order valence-corrected chi connectivity index (χ3v) is 5.82. The molecule has 6 nitrogen and oxygen atoms in total. The molecule has 1 amide bonds. The van der Waals surface area contributed by atoms with Gasteiger partial charge < -0.3 is 10.2 Å². The molecule has 0 saturated heterocycles. The maximum atomic E-state index is 12.8. The Bertz CT molecular complexity index is 937. The third kappa shape index (κ3) is 4.14. The molecule has 1 aliphatic heterocycles. The summed E-state index contributed by atoms with van der Waals surface area (Å²) in [6, 6.07) is 14.1. The Morgan fingerprint density at radius 1 is 1.07 bits per heavy atom. The number of amides is 1. The molecule has 0 saturated carbocycles. The highest BCUT2D eigenvalue weighted by molar-refractivity contribution is 7.86. The molecule has 2 aromatic carbocycles. The fraction of sp³-hybridized carbons (Fsp3) is 0.350. The first-order chi connectivity index (χ1) is 12.7. The quantitative estimate of drug-likeness (QED) is 0.607. The van der Waals surface area contributed by atoms with Crippen molar-refractivity contribution in [3.8, 4) is 0 Å². The Balaban J connectivity index is 1.65. The standard InChI is InChI=1S/C20H24N2O4S/c1-15-9-11-16(12-10-15)27(24,25)26-14-6-13-22-18-8-5-4-7-17(18)21-20(2,3)19(22)23/h4-5,7-12,21H,6,13-14H2,1-3H3. The SMILES string of the molecule is Cc1ccc(S(=O)(=O)OCCCN2C(=O)C(C)(C)Nc3ccccc32)cc1. The number of carbonyl (C=O) groups is 1. The van der Waals surface area contributed by atoms with Crippen LogP contribution in [0.2, 0.25) is 0 Å². The molecule has 0 radical (unpaired) electrons. The summed E-state index contributed by atoms with van der Waals surface area (Å²) >= 11 is 0. The maximum absolute atomic E-state index is 12.8. The Kier molecular flexibility index (Phi) is 5.26. The Hall–Kier alpha value is -2.38. The largest absolute Gasteiger partial charge is 0.370 e. The normalized spacial score (nSPS) is 16.0. The first kappa shape index (κ1) is 19.4. The summed E-state index contributed by atoms with van der Waals surface area (Å²) in [6.45, 7) is 5.94. The summed E-state index contributed by atoms with van der Waals surface area (Å²) in [5.41, 5.74) is 1.94. The average molecular weight is 388 g/mol. The monoisotopic (exact) mass is 388 g/mol. The van der Waals surface area contributed by atoms with Crippen molar-refractivity contribution in [2.24, 2.45) is 0 Å². The van der Waals surface area contributed by atoms with E-state index in [1.54, 1.807) is 17.0 Å². The summed E-state index contributed by atoms with van der Waals surface area (Å²) in [4.78, 5) is 14.6. The number of carbonyl (C=O) groups excluding carboxylic acids is 1. The van der Waals surface area contributed by atoms with Gasteiger partial charge in [-0.25, -0.2) is 0 Å². The van der Waals surface area contributed by atoms with Crippen LogP contribution in [0.15, 0.2) is 53.4 Å². The number of aryl methyl sites for hydroxylation is 1. The van der Waals surface area contributed by atoms with E-state index in [1.165, 1.54) is 12.1 Å². The molecule has 0 bridgehead atoms. The second kappa shape index (κ2) is 7.32. The van der Waals surface area contributed by atoms with Crippen molar-refractivity contribution in [1.29, 1.82) is 0 Å². The number of hydrogen-bond acceptors (Lipinski definition) is 5. The van der Waals surface area contributed by atoms with Gasteiger partial charge in [0.2, 0.25) is 0 Å². The van der Waals surface area contributed by atoms with Crippen molar-refractivity contribution >= 4 is 27.4 Å². The third-order valence-electron chi connectivity index (χ3n) is 4.50. The van der Waals surface area contributed by atoms with Gasteiger partial charge in [-0.15, -0.1) is 0 Å². The van der Waals surface area contributed by atoms with E-state index < -0.39 is 15.7 Å². The van der Waals surface area contributed by atoms with Crippen molar-refractivity contribution in [2.75, 3.05) is 23.4 Å². The number of para-hydroxylation sites is 2. The zero-order chi connectivity index (χ0) is 19.7. The van der Waals surface area contributed by atoms with E-state index in [9.17, 15) is 13.2 Å². The van der Waals surface area contributed by atoms with Crippen LogP contribution < -0.4 is 10.2 Å². The first-order valence-electron chi connectivity index (χ1n) is 8.86. The van der Waals surface area contributed by atoms with Crippen molar-refractivity contribution < 1.29 is 17.4 Å². The van der Waals surface area contributed by atoms with Crippen LogP contribution in [0, 0.1) is 6.92 Å². The molecule has 1 aliphatic rings. The number of nitrogens with zero attached hydrogens (tertiary/aromatic N) is 1. The molecule has 3 rings (SSSR count). The summed E-state index contributed by atoms with van der Waals surface area (Å²) in [5, 5.41) is 3.24. The molecule has 0 atom stereocenters. The molecule has 0 aliphatic carbocycles. The highest BCUT2D eigenvalue weighted by atomic mass is 32.2. The van der Waals surface area contributed by atoms with Crippen LogP contribution in [0.25, 0.3) is 0 Å². The van der Waals surface area contributed by atoms with Gasteiger partial charge in [-0.1, -0.05) is 29.8 Å². The van der Waals surface area contributed by atoms with Crippen LogP contribution in [0.1, 0.15) is 25.8 Å². The molecular weight excluding hydrogens is 364 g/mol. The molecule has 0 aromatic heterocycles. The van der Waals surface area contributed by atoms with Gasteiger partial charge in [-0.3, -0.25) is 8.98 Å². The van der Waals surface area contributed by atoms with Gasteiger partial charge in [0.25, 0.3) is 16.0 Å². The van der Waals surface area contributed by atoms with E-state index >= 15 is 0 Å². The Morgan fingerprint density at radius 3 is 2.44 bits per heavy atom. The number of anilines is 2. The number of rotatable bonds is 6. The van der Waals surface area contributed by atoms with Gasteiger partial charge in [0.15, 0.2) is 0 Å². The van der Waals surface area contributed by atoms with E-state index in [0.29, 0.717) is 13.0 Å². The lowest BCUT2D eigenvalue weighted by Gasteiger charge is -2.40. The predicted molar refractivity (Wildman–Crippen MR) is 105 cm³/mol. The van der Waals surface area contributed by atoms with Crippen LogP contribution in [-0.2, 0) is 19.1 Å².